The summed E-state index contributed by atoms with van der Waals surface area (Å²) in [6, 6.07) is 0. The van der Waals surface area contributed by atoms with Crippen molar-refractivity contribution in [2.45, 2.75) is 12.2 Å². The van der Waals surface area contributed by atoms with Gasteiger partial charge in [0.1, 0.15) is 0 Å². The molecule has 1 unspecified atom stereocenters. The monoisotopic (exact) mass is 224 g/mol. The minimum Gasteiger partial charge on any atom is -0.369 e. The lowest BCUT2D eigenvalue weighted by molar-refractivity contribution is -0.221. The Morgan fingerprint density at radius 1 is 1.50 bits per heavy atom. The molecule has 0 spiro atoms. The van der Waals surface area contributed by atoms with Gasteiger partial charge >= 0.3 is 0 Å². The van der Waals surface area contributed by atoms with Crippen molar-refractivity contribution in [1.29, 1.82) is 0 Å². The fourth-order valence-corrected chi connectivity index (χ4v) is 1.55. The molecule has 0 aromatic carbocycles. The Hall–Kier alpha value is -0.360. The first-order valence-corrected chi connectivity index (χ1v) is 4.24. The highest BCUT2D eigenvalue weighted by atomic mass is 35.5. The molecule has 0 aromatic rings. The zero-order valence-electron chi connectivity index (χ0n) is 8.41. The van der Waals surface area contributed by atoms with Gasteiger partial charge in [-0.25, -0.2) is 0 Å². The number of hydrogen-bond acceptors (Lipinski definition) is 4. The van der Waals surface area contributed by atoms with Gasteiger partial charge in [0.05, 0.1) is 5.92 Å². The van der Waals surface area contributed by atoms with Crippen LogP contribution in [0, 0.1) is 5.92 Å². The van der Waals surface area contributed by atoms with Gasteiger partial charge in [-0.2, -0.15) is 0 Å². The quantitative estimate of drug-likeness (QED) is 0.634. The molecule has 1 amide bonds. The number of hydrogen-bond donors (Lipinski definition) is 2. The van der Waals surface area contributed by atoms with Crippen LogP contribution in [0.2, 0.25) is 0 Å². The number of primary amides is 1. The summed E-state index contributed by atoms with van der Waals surface area (Å²) in [5.41, 5.74) is 5.21. The Kier molecular flexibility index (Phi) is 5.36. The summed E-state index contributed by atoms with van der Waals surface area (Å²) in [6.07, 6.45) is 0.516. The van der Waals surface area contributed by atoms with Crippen molar-refractivity contribution in [2.24, 2.45) is 11.7 Å². The van der Waals surface area contributed by atoms with Gasteiger partial charge in [0, 0.05) is 33.7 Å². The summed E-state index contributed by atoms with van der Waals surface area (Å²) in [4.78, 5) is 10.9. The number of rotatable bonds is 3. The first kappa shape index (κ1) is 13.6. The van der Waals surface area contributed by atoms with E-state index in [1.165, 1.54) is 0 Å². The molecule has 1 saturated heterocycles. The highest BCUT2D eigenvalue weighted by Gasteiger charge is 2.38. The minimum absolute atomic E-state index is 0. The van der Waals surface area contributed by atoms with Crippen LogP contribution < -0.4 is 11.1 Å². The third-order valence-electron chi connectivity index (χ3n) is 2.49. The lowest BCUT2D eigenvalue weighted by Gasteiger charge is -2.37. The van der Waals surface area contributed by atoms with E-state index in [-0.39, 0.29) is 24.2 Å². The Morgan fingerprint density at radius 3 is 2.50 bits per heavy atom. The second-order valence-electron chi connectivity index (χ2n) is 3.25. The first-order chi connectivity index (χ1) is 6.13. The van der Waals surface area contributed by atoms with E-state index in [1.807, 2.05) is 0 Å². The highest BCUT2D eigenvalue weighted by Crippen LogP contribution is 2.24. The standard InChI is InChI=1S/C8H16N2O3.ClH/c1-12-8(13-2)3-6(7(9)11)4-10-5-8;/h6,10H,3-5H2,1-2H3,(H2,9,11);1H. The Bertz CT molecular complexity index is 197. The van der Waals surface area contributed by atoms with E-state index < -0.39 is 5.79 Å². The number of carbonyl (C=O) groups excluding carboxylic acids is 1. The van der Waals surface area contributed by atoms with Crippen LogP contribution >= 0.6 is 12.4 Å². The summed E-state index contributed by atoms with van der Waals surface area (Å²) >= 11 is 0. The van der Waals surface area contributed by atoms with Gasteiger partial charge in [0.2, 0.25) is 5.91 Å². The molecule has 0 radical (unpaired) electrons. The fraction of sp³-hybridized carbons (Fsp3) is 0.875. The van der Waals surface area contributed by atoms with Crippen molar-refractivity contribution >= 4 is 18.3 Å². The number of halogens is 1. The fourth-order valence-electron chi connectivity index (χ4n) is 1.55. The van der Waals surface area contributed by atoms with Crippen molar-refractivity contribution in [2.75, 3.05) is 27.3 Å². The van der Waals surface area contributed by atoms with Gasteiger partial charge in [0.15, 0.2) is 5.79 Å². The maximum absolute atomic E-state index is 10.9. The molecule has 0 saturated carbocycles. The minimum atomic E-state index is -0.696. The van der Waals surface area contributed by atoms with Crippen LogP contribution in [0.4, 0.5) is 0 Å². The van der Waals surface area contributed by atoms with E-state index in [4.69, 9.17) is 15.2 Å². The SMILES string of the molecule is COC1(OC)CNCC(C(N)=O)C1.Cl. The molecule has 1 fully saturated rings. The molecule has 1 atom stereocenters. The molecule has 6 heteroatoms. The molecule has 1 aliphatic rings. The van der Waals surface area contributed by atoms with Gasteiger partial charge in [-0.1, -0.05) is 0 Å². The Labute approximate surface area is 89.7 Å². The molecular weight excluding hydrogens is 208 g/mol. The van der Waals surface area contributed by atoms with Crippen LogP contribution in [0.25, 0.3) is 0 Å². The molecular formula is C8H17ClN2O3. The van der Waals surface area contributed by atoms with Gasteiger partial charge in [-0.15, -0.1) is 12.4 Å². The third-order valence-corrected chi connectivity index (χ3v) is 2.49. The summed E-state index contributed by atoms with van der Waals surface area (Å²) in [5, 5.41) is 3.06. The molecule has 1 rings (SSSR count). The van der Waals surface area contributed by atoms with Crippen molar-refractivity contribution in [3.05, 3.63) is 0 Å². The van der Waals surface area contributed by atoms with E-state index in [1.54, 1.807) is 14.2 Å². The van der Waals surface area contributed by atoms with E-state index in [0.717, 1.165) is 0 Å². The second kappa shape index (κ2) is 5.50. The van der Waals surface area contributed by atoms with Crippen LogP contribution in [0.3, 0.4) is 0 Å². The summed E-state index contributed by atoms with van der Waals surface area (Å²) in [5.74, 6) is -1.22. The van der Waals surface area contributed by atoms with E-state index in [9.17, 15) is 4.79 Å². The van der Waals surface area contributed by atoms with Crippen molar-refractivity contribution in [3.8, 4) is 0 Å². The lowest BCUT2D eigenvalue weighted by Crippen LogP contribution is -2.54. The summed E-state index contributed by atoms with van der Waals surface area (Å²) in [7, 11) is 3.13. The molecule has 84 valence electrons. The molecule has 1 heterocycles. The average Bonchev–Trinajstić information content (AvgIpc) is 2.18. The van der Waals surface area contributed by atoms with Crippen molar-refractivity contribution < 1.29 is 14.3 Å². The predicted molar refractivity (Wildman–Crippen MR) is 54.2 cm³/mol. The second-order valence-corrected chi connectivity index (χ2v) is 3.25. The number of ether oxygens (including phenoxy) is 2. The number of nitrogens with one attached hydrogen (secondary N) is 1. The zero-order valence-corrected chi connectivity index (χ0v) is 9.23. The molecule has 3 N–H and O–H groups in total. The molecule has 5 nitrogen and oxygen atoms in total. The van der Waals surface area contributed by atoms with Gasteiger partial charge in [-0.05, 0) is 0 Å². The largest absolute Gasteiger partial charge is 0.369 e. The zero-order chi connectivity index (χ0) is 9.90. The van der Waals surface area contributed by atoms with Gasteiger partial charge in [0.25, 0.3) is 0 Å². The highest BCUT2D eigenvalue weighted by molar-refractivity contribution is 5.85. The number of amides is 1. The topological polar surface area (TPSA) is 73.6 Å². The smallest absolute Gasteiger partial charge is 0.222 e. The summed E-state index contributed by atoms with van der Waals surface area (Å²) in [6.45, 7) is 1.19. The van der Waals surface area contributed by atoms with Crippen LogP contribution in [-0.2, 0) is 14.3 Å². The molecule has 0 bridgehead atoms. The van der Waals surface area contributed by atoms with E-state index >= 15 is 0 Å². The number of methoxy groups -OCH3 is 2. The molecule has 0 aliphatic carbocycles. The lowest BCUT2D eigenvalue weighted by atomic mass is 9.94. The van der Waals surface area contributed by atoms with Crippen LogP contribution in [0.1, 0.15) is 6.42 Å². The number of carbonyl (C=O) groups is 1. The summed E-state index contributed by atoms with van der Waals surface area (Å²) < 4.78 is 10.4. The van der Waals surface area contributed by atoms with Crippen molar-refractivity contribution in [1.82, 2.24) is 5.32 Å². The third kappa shape index (κ3) is 2.81. The van der Waals surface area contributed by atoms with E-state index in [2.05, 4.69) is 5.32 Å². The van der Waals surface area contributed by atoms with Crippen LogP contribution in [0.15, 0.2) is 0 Å². The van der Waals surface area contributed by atoms with Crippen LogP contribution in [0.5, 0.6) is 0 Å². The average molecular weight is 225 g/mol. The van der Waals surface area contributed by atoms with Crippen LogP contribution in [-0.4, -0.2) is 39.0 Å². The number of nitrogens with two attached hydrogens (primary N) is 1. The van der Waals surface area contributed by atoms with Gasteiger partial charge < -0.3 is 20.5 Å². The molecule has 0 aromatic heterocycles. The normalized spacial score (nSPS) is 25.1. The first-order valence-electron chi connectivity index (χ1n) is 4.24. The molecule has 14 heavy (non-hydrogen) atoms. The maximum Gasteiger partial charge on any atom is 0.222 e. The Morgan fingerprint density at radius 2 is 2.07 bits per heavy atom. The van der Waals surface area contributed by atoms with Crippen molar-refractivity contribution in [3.63, 3.8) is 0 Å². The molecule has 1 aliphatic heterocycles. The van der Waals surface area contributed by atoms with E-state index in [0.29, 0.717) is 19.5 Å². The maximum atomic E-state index is 10.9. The number of piperidine rings is 1. The van der Waals surface area contributed by atoms with Gasteiger partial charge in [-0.3, -0.25) is 4.79 Å². The Balaban J connectivity index is 0.00000169. The predicted octanol–water partition coefficient (Wildman–Crippen LogP) is -0.508.